The van der Waals surface area contributed by atoms with Crippen molar-refractivity contribution in [1.29, 1.82) is 0 Å². The van der Waals surface area contributed by atoms with Crippen molar-refractivity contribution in [3.8, 4) is 0 Å². The van der Waals surface area contributed by atoms with Crippen LogP contribution in [0.25, 0.3) is 0 Å². The number of allylic oxidation sites excluding steroid dienone is 5. The van der Waals surface area contributed by atoms with Crippen LogP contribution < -0.4 is 5.32 Å². The Balaban J connectivity index is 1.29. The van der Waals surface area contributed by atoms with Gasteiger partial charge in [0.1, 0.15) is 73.2 Å². The van der Waals surface area contributed by atoms with Gasteiger partial charge in [0.15, 0.2) is 18.9 Å². The van der Waals surface area contributed by atoms with Crippen LogP contribution in [0.1, 0.15) is 367 Å². The zero-order valence-corrected chi connectivity index (χ0v) is 65.8. The van der Waals surface area contributed by atoms with Crippen molar-refractivity contribution in [2.24, 2.45) is 0 Å². The van der Waals surface area contributed by atoms with Crippen molar-refractivity contribution in [2.45, 2.75) is 471 Å². The summed E-state index contributed by atoms with van der Waals surface area (Å²) in [6.07, 6.45) is 56.1. The molecular formula is C85H159NO18. The minimum atomic E-state index is -1.98. The number of aliphatic hydroxyl groups is 11. The molecule has 3 saturated heterocycles. The fourth-order valence-electron chi connectivity index (χ4n) is 14.8. The summed E-state index contributed by atoms with van der Waals surface area (Å²) >= 11 is 0. The minimum absolute atomic E-state index is 0.236. The molecule has 17 unspecified atom stereocenters. The van der Waals surface area contributed by atoms with Crippen LogP contribution in [0.2, 0.25) is 0 Å². The summed E-state index contributed by atoms with van der Waals surface area (Å²) in [6, 6.07) is -0.996. The molecule has 0 bridgehead atoms. The molecule has 19 heteroatoms. The Morgan fingerprint density at radius 1 is 0.337 bits per heavy atom. The lowest BCUT2D eigenvalue weighted by molar-refractivity contribution is -0.379. The van der Waals surface area contributed by atoms with E-state index in [0.717, 1.165) is 44.9 Å². The van der Waals surface area contributed by atoms with Gasteiger partial charge >= 0.3 is 0 Å². The Hall–Kier alpha value is -1.99. The molecule has 17 atom stereocenters. The number of ether oxygens (including phenoxy) is 6. The largest absolute Gasteiger partial charge is 0.394 e. The van der Waals surface area contributed by atoms with Gasteiger partial charge < -0.3 is 89.9 Å². The standard InChI is InChI=1S/C85H159NO18/c1-3-5-7-9-11-13-15-17-19-21-23-24-25-26-27-28-29-30-31-32-33-34-35-36-37-38-39-40-41-42-43-45-47-49-51-53-55-57-59-61-63-73(91)86-68(69(90)62-60-58-56-54-52-50-48-46-44-22-20-18-16-14-12-10-8-6-4-2)67-99-83-79(97)76(94)81(71(65-88)101-83)104-85-80(98)77(95)82(72(66-89)102-85)103-84-78(96)75(93)74(92)70(64-87)100-84/h44,46,52,54,60,62,68-72,74-85,87-90,92-98H,3-43,45,47-51,53,55-59,61,63-67H2,1-2H3,(H,86,91)/b46-44+,54-52+,62-60+. The first kappa shape index (κ1) is 96.2. The molecule has 19 nitrogen and oxygen atoms in total. The lowest BCUT2D eigenvalue weighted by Crippen LogP contribution is -2.66. The Labute approximate surface area is 631 Å². The summed E-state index contributed by atoms with van der Waals surface area (Å²) in [5.41, 5.74) is 0. The van der Waals surface area contributed by atoms with Crippen LogP contribution >= 0.6 is 0 Å². The molecule has 0 aliphatic carbocycles. The summed E-state index contributed by atoms with van der Waals surface area (Å²) in [6.45, 7) is 1.76. The van der Waals surface area contributed by atoms with E-state index in [4.69, 9.17) is 28.4 Å². The quantitative estimate of drug-likeness (QED) is 0.0199. The van der Waals surface area contributed by atoms with E-state index in [1.165, 1.54) is 289 Å². The Morgan fingerprint density at radius 2 is 0.615 bits per heavy atom. The molecule has 12 N–H and O–H groups in total. The third kappa shape index (κ3) is 44.8. The average Bonchev–Trinajstić information content (AvgIpc) is 0.783. The second-order valence-electron chi connectivity index (χ2n) is 31.0. The number of carbonyl (C=O) groups excluding carboxylic acids is 1. The van der Waals surface area contributed by atoms with Gasteiger partial charge in [0.25, 0.3) is 0 Å². The number of hydrogen-bond acceptors (Lipinski definition) is 18. The van der Waals surface area contributed by atoms with Crippen LogP contribution in [0.5, 0.6) is 0 Å². The molecule has 0 aromatic heterocycles. The first-order valence-electron chi connectivity index (χ1n) is 43.2. The molecule has 3 aliphatic rings. The number of amides is 1. The molecule has 0 aromatic rings. The van der Waals surface area contributed by atoms with E-state index in [2.05, 4.69) is 43.5 Å². The maximum absolute atomic E-state index is 13.5. The molecule has 3 heterocycles. The topological polar surface area (TPSA) is 307 Å². The molecule has 0 aromatic carbocycles. The highest BCUT2D eigenvalue weighted by atomic mass is 16.8. The van der Waals surface area contributed by atoms with Crippen molar-refractivity contribution in [3.63, 3.8) is 0 Å². The maximum Gasteiger partial charge on any atom is 0.220 e. The van der Waals surface area contributed by atoms with Crippen molar-refractivity contribution in [1.82, 2.24) is 5.32 Å². The predicted molar refractivity (Wildman–Crippen MR) is 416 cm³/mol. The molecule has 104 heavy (non-hydrogen) atoms. The highest BCUT2D eigenvalue weighted by Gasteiger charge is 2.54. The van der Waals surface area contributed by atoms with Crippen LogP contribution in [0.4, 0.5) is 0 Å². The normalized spacial score (nSPS) is 26.0. The van der Waals surface area contributed by atoms with Gasteiger partial charge in [-0.25, -0.2) is 0 Å². The maximum atomic E-state index is 13.5. The Kier molecular flexibility index (Phi) is 60.8. The number of nitrogens with one attached hydrogen (secondary N) is 1. The summed E-state index contributed by atoms with van der Waals surface area (Å²) in [5, 5.41) is 121. The van der Waals surface area contributed by atoms with E-state index in [1.54, 1.807) is 6.08 Å². The van der Waals surface area contributed by atoms with Gasteiger partial charge in [-0.2, -0.15) is 0 Å². The zero-order chi connectivity index (χ0) is 75.3. The van der Waals surface area contributed by atoms with E-state index in [-0.39, 0.29) is 18.9 Å². The fourth-order valence-corrected chi connectivity index (χ4v) is 14.8. The second-order valence-corrected chi connectivity index (χ2v) is 31.0. The van der Waals surface area contributed by atoms with E-state index < -0.39 is 124 Å². The lowest BCUT2D eigenvalue weighted by Gasteiger charge is -2.48. The number of rotatable bonds is 70. The molecular weight excluding hydrogens is 1320 g/mol. The number of aliphatic hydroxyl groups excluding tert-OH is 11. The van der Waals surface area contributed by atoms with E-state index in [0.29, 0.717) is 12.8 Å². The average molecular weight is 1480 g/mol. The first-order chi connectivity index (χ1) is 50.8. The first-order valence-corrected chi connectivity index (χ1v) is 43.2. The smallest absolute Gasteiger partial charge is 0.220 e. The SMILES string of the molecule is CCCCCCCCCCC/C=C/CC/C=C/CC/C=C/C(O)C(COC1OC(CO)C(OC2OC(CO)C(OC3OC(CO)C(O)C(O)C3O)C(O)C2O)C(O)C1O)NC(=O)CCCCCCCCCCCCCCCCCCCCCCCCCCCCCCCCCCCCCCCCCC. The number of carbonyl (C=O) groups is 1. The van der Waals surface area contributed by atoms with Gasteiger partial charge in [0.05, 0.1) is 38.6 Å². The van der Waals surface area contributed by atoms with Gasteiger partial charge in [0, 0.05) is 6.42 Å². The third-order valence-corrected chi connectivity index (χ3v) is 21.7. The van der Waals surface area contributed by atoms with E-state index >= 15 is 0 Å². The van der Waals surface area contributed by atoms with Crippen LogP contribution in [0.3, 0.4) is 0 Å². The highest BCUT2D eigenvalue weighted by Crippen LogP contribution is 2.33. The zero-order valence-electron chi connectivity index (χ0n) is 65.8. The van der Waals surface area contributed by atoms with Crippen molar-refractivity contribution in [2.75, 3.05) is 26.4 Å². The fraction of sp³-hybridized carbons (Fsp3) is 0.918. The molecule has 3 rings (SSSR count). The molecule has 0 spiro atoms. The van der Waals surface area contributed by atoms with Crippen LogP contribution in [-0.4, -0.2) is 193 Å². The van der Waals surface area contributed by atoms with Crippen LogP contribution in [-0.2, 0) is 33.2 Å². The summed E-state index contributed by atoms with van der Waals surface area (Å²) in [7, 11) is 0. The summed E-state index contributed by atoms with van der Waals surface area (Å²) in [4.78, 5) is 13.5. The van der Waals surface area contributed by atoms with Crippen molar-refractivity contribution >= 4 is 5.91 Å². The summed E-state index contributed by atoms with van der Waals surface area (Å²) < 4.78 is 34.4. The molecule has 1 amide bonds. The van der Waals surface area contributed by atoms with Crippen molar-refractivity contribution in [3.05, 3.63) is 36.5 Å². The van der Waals surface area contributed by atoms with Gasteiger partial charge in [-0.3, -0.25) is 4.79 Å². The highest BCUT2D eigenvalue weighted by molar-refractivity contribution is 5.76. The third-order valence-electron chi connectivity index (χ3n) is 21.7. The second kappa shape index (κ2) is 65.7. The van der Waals surface area contributed by atoms with Gasteiger partial charge in [-0.1, -0.05) is 352 Å². The van der Waals surface area contributed by atoms with Gasteiger partial charge in [-0.05, 0) is 44.9 Å². The molecule has 3 fully saturated rings. The van der Waals surface area contributed by atoms with Gasteiger partial charge in [-0.15, -0.1) is 0 Å². The Bertz CT molecular complexity index is 2020. The molecule has 3 aliphatic heterocycles. The molecule has 0 saturated carbocycles. The number of hydrogen-bond donors (Lipinski definition) is 12. The monoisotopic (exact) mass is 1480 g/mol. The Morgan fingerprint density at radius 3 is 0.962 bits per heavy atom. The van der Waals surface area contributed by atoms with Crippen LogP contribution in [0.15, 0.2) is 36.5 Å². The minimum Gasteiger partial charge on any atom is -0.394 e. The lowest BCUT2D eigenvalue weighted by atomic mass is 9.96. The molecule has 0 radical (unpaired) electrons. The summed E-state index contributed by atoms with van der Waals surface area (Å²) in [5.74, 6) is -0.282. The van der Waals surface area contributed by atoms with E-state index in [9.17, 15) is 61.0 Å². The van der Waals surface area contributed by atoms with Gasteiger partial charge in [0.2, 0.25) is 5.91 Å². The van der Waals surface area contributed by atoms with Crippen molar-refractivity contribution < 1.29 is 89.4 Å². The predicted octanol–water partition coefficient (Wildman–Crippen LogP) is 15.5. The van der Waals surface area contributed by atoms with E-state index in [1.807, 2.05) is 6.08 Å². The number of unbranched alkanes of at least 4 members (excludes halogenated alkanes) is 50. The van der Waals surface area contributed by atoms with Crippen LogP contribution in [0, 0.1) is 0 Å². The molecule has 612 valence electrons.